The second-order valence-corrected chi connectivity index (χ2v) is 8.32. The summed E-state index contributed by atoms with van der Waals surface area (Å²) < 4.78 is 24.3. The Hall–Kier alpha value is -3.53. The van der Waals surface area contributed by atoms with Crippen LogP contribution in [-0.4, -0.2) is 41.8 Å². The summed E-state index contributed by atoms with van der Waals surface area (Å²) >= 11 is 1.23. The van der Waals surface area contributed by atoms with Crippen LogP contribution >= 0.6 is 11.3 Å². The maximum atomic E-state index is 13.2. The molecule has 0 aliphatic carbocycles. The highest BCUT2D eigenvalue weighted by Gasteiger charge is 2.34. The van der Waals surface area contributed by atoms with Gasteiger partial charge in [-0.3, -0.25) is 14.9 Å². The highest BCUT2D eigenvalue weighted by atomic mass is 32.1. The molecule has 1 N–H and O–H groups in total. The van der Waals surface area contributed by atoms with Crippen LogP contribution in [-0.2, 0) is 4.79 Å². The minimum atomic E-state index is -0.354. The van der Waals surface area contributed by atoms with Crippen molar-refractivity contribution in [1.29, 1.82) is 0 Å². The lowest BCUT2D eigenvalue weighted by molar-refractivity contribution is -0.117. The first-order chi connectivity index (χ1) is 16.0. The van der Waals surface area contributed by atoms with Crippen molar-refractivity contribution in [1.82, 2.24) is 10.2 Å². The van der Waals surface area contributed by atoms with Crippen molar-refractivity contribution < 1.29 is 23.5 Å². The molecule has 4 rings (SSSR count). The van der Waals surface area contributed by atoms with Crippen molar-refractivity contribution in [2.75, 3.05) is 30.0 Å². The maximum absolute atomic E-state index is 13.2. The van der Waals surface area contributed by atoms with Gasteiger partial charge in [0.1, 0.15) is 10.8 Å². The summed E-state index contributed by atoms with van der Waals surface area (Å²) in [7, 11) is 0. The fraction of sp³-hybridized carbons (Fsp3) is 0.304. The van der Waals surface area contributed by atoms with Crippen LogP contribution in [0.15, 0.2) is 42.5 Å². The number of rotatable bonds is 8. The lowest BCUT2D eigenvalue weighted by Crippen LogP contribution is -2.24. The zero-order valence-corrected chi connectivity index (χ0v) is 19.0. The summed E-state index contributed by atoms with van der Waals surface area (Å²) in [6, 6.07) is 10.8. The molecule has 0 spiro atoms. The van der Waals surface area contributed by atoms with Crippen molar-refractivity contribution >= 4 is 34.0 Å². The third kappa shape index (κ3) is 5.11. The van der Waals surface area contributed by atoms with E-state index in [9.17, 15) is 14.0 Å². The van der Waals surface area contributed by atoms with Gasteiger partial charge in [-0.05, 0) is 56.3 Å². The maximum Gasteiger partial charge on any atom is 0.257 e. The molecule has 1 atom stereocenters. The first kappa shape index (κ1) is 22.7. The summed E-state index contributed by atoms with van der Waals surface area (Å²) in [5, 5.41) is 12.0. The van der Waals surface area contributed by atoms with Crippen LogP contribution in [0, 0.1) is 5.82 Å². The SMILES string of the molecule is CCOc1ccc(C(=O)Nc2nnc(C3CC(=O)N(c4ccc(F)cc4)C3)s2)cc1OCC. The van der Waals surface area contributed by atoms with Gasteiger partial charge in [-0.1, -0.05) is 11.3 Å². The largest absolute Gasteiger partial charge is 0.490 e. The summed E-state index contributed by atoms with van der Waals surface area (Å²) in [5.74, 6) is 0.150. The van der Waals surface area contributed by atoms with E-state index in [0.717, 1.165) is 0 Å². The molecule has 1 aliphatic heterocycles. The number of carbonyl (C=O) groups is 2. The number of nitrogens with zero attached hydrogens (tertiary/aromatic N) is 3. The topological polar surface area (TPSA) is 93.7 Å². The van der Waals surface area contributed by atoms with Gasteiger partial charge in [0, 0.05) is 30.1 Å². The van der Waals surface area contributed by atoms with Crippen molar-refractivity contribution in [2.45, 2.75) is 26.2 Å². The molecule has 10 heteroatoms. The molecule has 0 saturated carbocycles. The minimum absolute atomic E-state index is 0.0646. The third-order valence-electron chi connectivity index (χ3n) is 5.08. The van der Waals surface area contributed by atoms with Gasteiger partial charge in [-0.25, -0.2) is 4.39 Å². The molecule has 33 heavy (non-hydrogen) atoms. The number of aromatic nitrogens is 2. The fourth-order valence-corrected chi connectivity index (χ4v) is 4.38. The van der Waals surface area contributed by atoms with Crippen LogP contribution in [0.3, 0.4) is 0 Å². The van der Waals surface area contributed by atoms with Crippen LogP contribution in [0.1, 0.15) is 41.6 Å². The van der Waals surface area contributed by atoms with Gasteiger partial charge in [0.05, 0.1) is 13.2 Å². The van der Waals surface area contributed by atoms with E-state index in [1.54, 1.807) is 35.2 Å². The van der Waals surface area contributed by atoms with Crippen molar-refractivity contribution in [3.05, 3.63) is 58.9 Å². The van der Waals surface area contributed by atoms with Crippen molar-refractivity contribution in [3.8, 4) is 11.5 Å². The Bertz CT molecular complexity index is 1150. The molecule has 3 aromatic rings. The number of carbonyl (C=O) groups excluding carboxylic acids is 2. The van der Waals surface area contributed by atoms with Crippen LogP contribution in [0.4, 0.5) is 15.2 Å². The van der Waals surface area contributed by atoms with E-state index in [1.807, 2.05) is 13.8 Å². The predicted molar refractivity (Wildman–Crippen MR) is 123 cm³/mol. The van der Waals surface area contributed by atoms with E-state index in [4.69, 9.17) is 9.47 Å². The molecule has 1 unspecified atom stereocenters. The predicted octanol–water partition coefficient (Wildman–Crippen LogP) is 4.25. The summed E-state index contributed by atoms with van der Waals surface area (Å²) in [6.07, 6.45) is 0.274. The number of nitrogens with one attached hydrogen (secondary N) is 1. The summed E-state index contributed by atoms with van der Waals surface area (Å²) in [6.45, 7) is 5.08. The van der Waals surface area contributed by atoms with Crippen molar-refractivity contribution in [2.24, 2.45) is 0 Å². The van der Waals surface area contributed by atoms with E-state index in [1.165, 1.54) is 23.5 Å². The lowest BCUT2D eigenvalue weighted by Gasteiger charge is -2.16. The Morgan fingerprint density at radius 1 is 1.12 bits per heavy atom. The third-order valence-corrected chi connectivity index (χ3v) is 6.08. The highest BCUT2D eigenvalue weighted by molar-refractivity contribution is 7.15. The number of halogens is 1. The number of hydrogen-bond donors (Lipinski definition) is 1. The standard InChI is InChI=1S/C23H23FN4O4S/c1-3-31-18-10-5-14(11-19(18)32-4-2)21(30)25-23-27-26-22(33-23)15-12-20(29)28(13-15)17-8-6-16(24)7-9-17/h5-11,15H,3-4,12-13H2,1-2H3,(H,25,27,30). The molecule has 1 fully saturated rings. The Morgan fingerprint density at radius 3 is 2.58 bits per heavy atom. The Balaban J connectivity index is 1.43. The summed E-state index contributed by atoms with van der Waals surface area (Å²) in [4.78, 5) is 26.8. The number of benzene rings is 2. The highest BCUT2D eigenvalue weighted by Crippen LogP contribution is 2.34. The Kier molecular flexibility index (Phi) is 6.83. The van der Waals surface area contributed by atoms with Crippen molar-refractivity contribution in [3.63, 3.8) is 0 Å². The average molecular weight is 471 g/mol. The van der Waals surface area contributed by atoms with E-state index in [2.05, 4.69) is 15.5 Å². The molecule has 2 amide bonds. The Labute approximate surface area is 194 Å². The van der Waals surface area contributed by atoms with E-state index in [-0.39, 0.29) is 30.0 Å². The number of hydrogen-bond acceptors (Lipinski definition) is 7. The first-order valence-corrected chi connectivity index (χ1v) is 11.4. The van der Waals surface area contributed by atoms with E-state index < -0.39 is 0 Å². The van der Waals surface area contributed by atoms with Gasteiger partial charge in [0.2, 0.25) is 11.0 Å². The van der Waals surface area contributed by atoms with Crippen LogP contribution in [0.25, 0.3) is 0 Å². The second-order valence-electron chi connectivity index (χ2n) is 7.31. The average Bonchev–Trinajstić information content (AvgIpc) is 3.42. The zero-order valence-electron chi connectivity index (χ0n) is 18.2. The van der Waals surface area contributed by atoms with Gasteiger partial charge in [0.25, 0.3) is 5.91 Å². The van der Waals surface area contributed by atoms with Gasteiger partial charge < -0.3 is 14.4 Å². The normalized spacial score (nSPS) is 15.5. The zero-order chi connectivity index (χ0) is 23.4. The summed E-state index contributed by atoms with van der Waals surface area (Å²) in [5.41, 5.74) is 1.04. The molecule has 2 aromatic carbocycles. The van der Waals surface area contributed by atoms with Gasteiger partial charge in [-0.2, -0.15) is 0 Å². The quantitative estimate of drug-likeness (QED) is 0.529. The molecule has 1 aliphatic rings. The van der Waals surface area contributed by atoms with E-state index >= 15 is 0 Å². The first-order valence-electron chi connectivity index (χ1n) is 10.6. The molecule has 2 heterocycles. The fourth-order valence-electron chi connectivity index (χ4n) is 3.56. The molecular formula is C23H23FN4O4S. The van der Waals surface area contributed by atoms with E-state index in [0.29, 0.717) is 52.6 Å². The molecule has 0 bridgehead atoms. The number of anilines is 2. The molecule has 8 nitrogen and oxygen atoms in total. The number of ether oxygens (including phenoxy) is 2. The number of amides is 2. The van der Waals surface area contributed by atoms with Crippen LogP contribution in [0.2, 0.25) is 0 Å². The lowest BCUT2D eigenvalue weighted by atomic mass is 10.1. The van der Waals surface area contributed by atoms with Crippen LogP contribution < -0.4 is 19.7 Å². The minimum Gasteiger partial charge on any atom is -0.490 e. The molecule has 172 valence electrons. The van der Waals surface area contributed by atoms with Gasteiger partial charge in [-0.15, -0.1) is 10.2 Å². The Morgan fingerprint density at radius 2 is 1.85 bits per heavy atom. The molecule has 1 aromatic heterocycles. The molecule has 1 saturated heterocycles. The smallest absolute Gasteiger partial charge is 0.257 e. The molecular weight excluding hydrogens is 447 g/mol. The van der Waals surface area contributed by atoms with Gasteiger partial charge in [0.15, 0.2) is 11.5 Å². The van der Waals surface area contributed by atoms with Crippen LogP contribution in [0.5, 0.6) is 11.5 Å². The van der Waals surface area contributed by atoms with Gasteiger partial charge >= 0.3 is 0 Å². The second kappa shape index (κ2) is 9.95. The monoisotopic (exact) mass is 470 g/mol. The molecule has 0 radical (unpaired) electrons.